The van der Waals surface area contributed by atoms with Crippen LogP contribution in [0.25, 0.3) is 11.2 Å². The number of fused-ring (bicyclic) bond motifs is 1. The van der Waals surface area contributed by atoms with E-state index in [9.17, 15) is 19.6 Å². The number of rotatable bonds is 16. The Morgan fingerprint density at radius 2 is 1.67 bits per heavy atom. The number of alkyl halides is 1. The predicted octanol–water partition coefficient (Wildman–Crippen LogP) is 6.25. The van der Waals surface area contributed by atoms with Crippen LogP contribution in [0.1, 0.15) is 68.9 Å². The third-order valence-corrected chi connectivity index (χ3v) is 12.5. The number of imidazole rings is 1. The Morgan fingerprint density at radius 3 is 2.26 bits per heavy atom. The number of aliphatic hydroxyl groups is 2. The van der Waals surface area contributed by atoms with Crippen molar-refractivity contribution in [3.05, 3.63) is 108 Å². The Hall–Kier alpha value is -5.40. The highest BCUT2D eigenvalue weighted by Crippen LogP contribution is 2.49. The van der Waals surface area contributed by atoms with E-state index in [0.717, 1.165) is 55.5 Å². The molecule has 17 heteroatoms. The molecule has 1 aliphatic heterocycles. The molecule has 6 atom stereocenters. The molecule has 2 aromatic heterocycles. The zero-order valence-electron chi connectivity index (χ0n) is 34.4. The number of aromatic nitrogens is 4. The fourth-order valence-corrected chi connectivity index (χ4v) is 9.20. The van der Waals surface area contributed by atoms with Crippen LogP contribution in [0.4, 0.5) is 10.3 Å². The zero-order valence-corrected chi connectivity index (χ0v) is 35.3. The number of benzene rings is 3. The quantitative estimate of drug-likeness (QED) is 0.0377. The molecule has 0 spiro atoms. The van der Waals surface area contributed by atoms with Gasteiger partial charge in [-0.2, -0.15) is 9.97 Å². The highest BCUT2D eigenvalue weighted by Gasteiger charge is 2.65. The maximum absolute atomic E-state index is 16.9. The molecule has 3 aromatic carbocycles. The molecule has 2 fully saturated rings. The minimum Gasteiger partial charge on any atom is -0.497 e. The van der Waals surface area contributed by atoms with Gasteiger partial charge in [0.05, 0.1) is 20.0 Å². The minimum atomic E-state index is -3.96. The first-order valence-electron chi connectivity index (χ1n) is 20.1. The number of carbonyl (C=O) groups is 1. The summed E-state index contributed by atoms with van der Waals surface area (Å²) in [5, 5.41) is 29.3. The van der Waals surface area contributed by atoms with E-state index in [1.807, 2.05) is 84.9 Å². The number of terminal acetylenes is 1. The third-order valence-electron chi connectivity index (χ3n) is 11.0. The lowest BCUT2D eigenvalue weighted by Crippen LogP contribution is -2.50. The van der Waals surface area contributed by atoms with E-state index in [0.29, 0.717) is 5.75 Å². The molecule has 1 aliphatic carbocycles. The monoisotopic (exact) mass is 856 g/mol. The topological polar surface area (TPSA) is 188 Å². The summed E-state index contributed by atoms with van der Waals surface area (Å²) in [6.07, 6.45) is 6.94. The molecule has 3 heterocycles. The molecule has 0 unspecified atom stereocenters. The fraction of sp³-hybridized carbons (Fsp3) is 0.409. The van der Waals surface area contributed by atoms with Gasteiger partial charge < -0.3 is 39.0 Å². The van der Waals surface area contributed by atoms with E-state index in [2.05, 4.69) is 21.3 Å². The fourth-order valence-electron chi connectivity index (χ4n) is 7.89. The molecule has 322 valence electrons. The summed E-state index contributed by atoms with van der Waals surface area (Å²) < 4.78 is 59.8. The first kappa shape index (κ1) is 43.7. The molecule has 61 heavy (non-hydrogen) atoms. The second-order valence-corrected chi connectivity index (χ2v) is 17.4. The van der Waals surface area contributed by atoms with Crippen molar-refractivity contribution >= 4 is 30.6 Å². The van der Waals surface area contributed by atoms with Crippen molar-refractivity contribution in [2.24, 2.45) is 0 Å². The molecule has 15 nitrogen and oxygen atoms in total. The Morgan fingerprint density at radius 1 is 1.05 bits per heavy atom. The predicted molar refractivity (Wildman–Crippen MR) is 225 cm³/mol. The largest absolute Gasteiger partial charge is 0.497 e. The van der Waals surface area contributed by atoms with Gasteiger partial charge in [-0.05, 0) is 68.4 Å². The van der Waals surface area contributed by atoms with Gasteiger partial charge in [0.25, 0.3) is 13.4 Å². The number of ether oxygens (including phenoxy) is 4. The number of nitrogens with one attached hydrogen (secondary N) is 2. The van der Waals surface area contributed by atoms with E-state index in [-0.39, 0.29) is 35.7 Å². The molecule has 7 rings (SSSR count). The molecule has 4 N–H and O–H groups in total. The number of nitrogens with zero attached hydrogens (tertiary/aromatic N) is 4. The van der Waals surface area contributed by atoms with Crippen LogP contribution in [0.15, 0.2) is 91.3 Å². The maximum atomic E-state index is 16.9. The summed E-state index contributed by atoms with van der Waals surface area (Å²) in [4.78, 5) is 26.8. The third kappa shape index (κ3) is 8.72. The standard InChI is InChI=1S/C44H50FN6O9P/c1-6-42(54)39(53)43(45,27-58-61(5,55)50-29(3)38(52)59-34-21-15-10-16-22-34)60-40(42)51-28-46-35-36(51)47-41(48-37(35)57-7-2)49-44(30-17-11-8-12-18-30,31-19-13-9-14-20-31)32-23-25-33(56-4)26-24-32/h1,8-9,11-14,17-20,23-26,28-29,34,39-40,53-54H,7,10,15-16,21-22,27H2,2-5H3,(H,50,55)(H,47,48,49)/t29-,39-,40+,42+,43+,61-/m0/s1. The molecule has 0 radical (unpaired) electrons. The molecule has 1 saturated carbocycles. The number of methoxy groups -OCH3 is 1. The average molecular weight is 857 g/mol. The highest BCUT2D eigenvalue weighted by molar-refractivity contribution is 7.56. The van der Waals surface area contributed by atoms with Gasteiger partial charge >= 0.3 is 5.97 Å². The number of halogens is 1. The highest BCUT2D eigenvalue weighted by atomic mass is 31.2. The zero-order chi connectivity index (χ0) is 43.4. The second-order valence-electron chi connectivity index (χ2n) is 15.2. The van der Waals surface area contributed by atoms with Gasteiger partial charge in [-0.15, -0.1) is 6.42 Å². The van der Waals surface area contributed by atoms with Crippen LogP contribution in [0.3, 0.4) is 0 Å². The van der Waals surface area contributed by atoms with Crippen LogP contribution in [-0.4, -0.2) is 92.4 Å². The van der Waals surface area contributed by atoms with Crippen molar-refractivity contribution in [3.8, 4) is 24.0 Å². The number of aliphatic hydroxyl groups excluding tert-OH is 1. The lowest BCUT2D eigenvalue weighted by Gasteiger charge is -2.37. The van der Waals surface area contributed by atoms with E-state index in [4.69, 9.17) is 39.9 Å². The van der Waals surface area contributed by atoms with Crippen molar-refractivity contribution in [1.82, 2.24) is 24.6 Å². The van der Waals surface area contributed by atoms with Crippen molar-refractivity contribution in [2.75, 3.05) is 32.3 Å². The molecule has 2 aliphatic rings. The Labute approximate surface area is 353 Å². The van der Waals surface area contributed by atoms with Gasteiger partial charge in [-0.25, -0.2) is 14.5 Å². The summed E-state index contributed by atoms with van der Waals surface area (Å²) in [5.41, 5.74) is -1.31. The molecular weight excluding hydrogens is 806 g/mol. The van der Waals surface area contributed by atoms with Gasteiger partial charge in [0.1, 0.15) is 30.0 Å². The van der Waals surface area contributed by atoms with E-state index in [1.165, 1.54) is 17.8 Å². The van der Waals surface area contributed by atoms with Crippen LogP contribution in [-0.2, 0) is 28.9 Å². The lowest BCUT2D eigenvalue weighted by atomic mass is 9.77. The van der Waals surface area contributed by atoms with Gasteiger partial charge in [-0.3, -0.25) is 13.9 Å². The Balaban J connectivity index is 1.23. The minimum absolute atomic E-state index is 0.00474. The van der Waals surface area contributed by atoms with E-state index < -0.39 is 55.5 Å². The second kappa shape index (κ2) is 17.9. The Bertz CT molecular complexity index is 2360. The van der Waals surface area contributed by atoms with Crippen LogP contribution < -0.4 is 19.9 Å². The smallest absolute Gasteiger partial charge is 0.323 e. The van der Waals surface area contributed by atoms with Crippen molar-refractivity contribution in [2.45, 2.75) is 87.4 Å². The van der Waals surface area contributed by atoms with Crippen molar-refractivity contribution < 1.29 is 47.4 Å². The first-order valence-corrected chi connectivity index (χ1v) is 22.2. The molecule has 1 saturated heterocycles. The normalized spacial score (nSPS) is 23.4. The molecule has 0 amide bonds. The summed E-state index contributed by atoms with van der Waals surface area (Å²) >= 11 is 0. The maximum Gasteiger partial charge on any atom is 0.323 e. The Kier molecular flexibility index (Phi) is 12.8. The van der Waals surface area contributed by atoms with Gasteiger partial charge in [0.15, 0.2) is 23.5 Å². The van der Waals surface area contributed by atoms with Gasteiger partial charge in [0, 0.05) is 6.66 Å². The van der Waals surface area contributed by atoms with Crippen LogP contribution in [0, 0.1) is 12.3 Å². The van der Waals surface area contributed by atoms with Gasteiger partial charge in [0.2, 0.25) is 17.4 Å². The van der Waals surface area contributed by atoms with Crippen molar-refractivity contribution in [3.63, 3.8) is 0 Å². The molecule has 0 bridgehead atoms. The first-order chi connectivity index (χ1) is 29.3. The van der Waals surface area contributed by atoms with Crippen molar-refractivity contribution in [1.29, 1.82) is 0 Å². The summed E-state index contributed by atoms with van der Waals surface area (Å²) in [5.74, 6) is -1.03. The average Bonchev–Trinajstić information content (AvgIpc) is 3.79. The van der Waals surface area contributed by atoms with Crippen LogP contribution >= 0.6 is 7.52 Å². The number of anilines is 1. The van der Waals surface area contributed by atoms with E-state index in [1.54, 1.807) is 14.0 Å². The van der Waals surface area contributed by atoms with E-state index >= 15 is 4.39 Å². The van der Waals surface area contributed by atoms with Crippen LogP contribution in [0.2, 0.25) is 0 Å². The SMILES string of the molecule is C#C[C@]1(O)[C@H](n2cnc3c(OCC)nc(NC(c4ccccc4)(c4ccccc4)c4ccc(OC)cc4)nc32)O[C@](F)(CO[P@](C)(=O)N[C@@H](C)C(=O)OC2CCCCC2)[C@H]1O. The lowest BCUT2D eigenvalue weighted by molar-refractivity contribution is -0.202. The number of carbonyl (C=O) groups excluding carboxylic acids is 1. The summed E-state index contributed by atoms with van der Waals surface area (Å²) in [6, 6.07) is 25.8. The van der Waals surface area contributed by atoms with Crippen LogP contribution in [0.5, 0.6) is 11.6 Å². The van der Waals surface area contributed by atoms with Gasteiger partial charge in [-0.1, -0.05) is 85.1 Å². The molecule has 5 aromatic rings. The molecular formula is C44H50FN6O9P. The summed E-state index contributed by atoms with van der Waals surface area (Å²) in [6.45, 7) is 3.39. The number of hydrogen-bond donors (Lipinski definition) is 4. The number of esters is 1. The number of hydrogen-bond acceptors (Lipinski definition) is 13. The summed E-state index contributed by atoms with van der Waals surface area (Å²) in [7, 11) is -2.37.